The Morgan fingerprint density at radius 3 is 2.30 bits per heavy atom. The van der Waals surface area contributed by atoms with Crippen LogP contribution >= 0.6 is 0 Å². The predicted molar refractivity (Wildman–Crippen MR) is 129 cm³/mol. The lowest BCUT2D eigenvalue weighted by atomic mass is 9.68. The van der Waals surface area contributed by atoms with E-state index >= 15 is 0 Å². The number of hydrogen-bond acceptors (Lipinski definition) is 4. The fourth-order valence-electron chi connectivity index (χ4n) is 6.80. The third-order valence-corrected chi connectivity index (χ3v) is 8.96. The number of esters is 1. The summed E-state index contributed by atoms with van der Waals surface area (Å²) in [5, 5.41) is 0. The second-order valence-electron chi connectivity index (χ2n) is 10.9. The molecular weight excluding hydrogens is 412 g/mol. The molecule has 0 bridgehead atoms. The topological polar surface area (TPSA) is 49.9 Å². The van der Waals surface area contributed by atoms with E-state index < -0.39 is 5.41 Å². The van der Waals surface area contributed by atoms with Gasteiger partial charge >= 0.3 is 5.97 Å². The van der Waals surface area contributed by atoms with Gasteiger partial charge in [-0.05, 0) is 69.5 Å². The van der Waals surface area contributed by atoms with E-state index in [1.165, 1.54) is 12.8 Å². The molecule has 2 aliphatic carbocycles. The molecule has 5 nitrogen and oxygen atoms in total. The van der Waals surface area contributed by atoms with Crippen LogP contribution in [0.5, 0.6) is 0 Å². The van der Waals surface area contributed by atoms with Crippen molar-refractivity contribution in [2.24, 2.45) is 11.8 Å². The van der Waals surface area contributed by atoms with Crippen LogP contribution in [-0.4, -0.2) is 60.5 Å². The van der Waals surface area contributed by atoms with Crippen LogP contribution in [-0.2, 0) is 19.7 Å². The highest BCUT2D eigenvalue weighted by Gasteiger charge is 2.48. The molecule has 180 valence electrons. The lowest BCUT2D eigenvalue weighted by Crippen LogP contribution is -2.48. The summed E-state index contributed by atoms with van der Waals surface area (Å²) in [6, 6.07) is 10.4. The summed E-state index contributed by atoms with van der Waals surface area (Å²) in [5.41, 5.74) is 0.669. The average molecular weight is 453 g/mol. The van der Waals surface area contributed by atoms with Gasteiger partial charge in [0, 0.05) is 19.0 Å². The van der Waals surface area contributed by atoms with E-state index in [4.69, 9.17) is 4.74 Å². The van der Waals surface area contributed by atoms with E-state index in [2.05, 4.69) is 29.2 Å². The zero-order valence-corrected chi connectivity index (χ0v) is 20.1. The number of amides is 1. The van der Waals surface area contributed by atoms with Crippen molar-refractivity contribution >= 4 is 11.9 Å². The molecule has 2 heterocycles. The van der Waals surface area contributed by atoms with E-state index in [0.29, 0.717) is 24.3 Å². The second-order valence-corrected chi connectivity index (χ2v) is 10.9. The zero-order chi connectivity index (χ0) is 22.7. The quantitative estimate of drug-likeness (QED) is 0.486. The third-order valence-electron chi connectivity index (χ3n) is 8.96. The summed E-state index contributed by atoms with van der Waals surface area (Å²) < 4.78 is 6.33. The van der Waals surface area contributed by atoms with Crippen molar-refractivity contribution in [1.82, 2.24) is 9.80 Å². The molecule has 2 saturated carbocycles. The molecule has 0 spiro atoms. The highest BCUT2D eigenvalue weighted by atomic mass is 16.5. The molecule has 4 aliphatic rings. The molecule has 0 aromatic heterocycles. The van der Waals surface area contributed by atoms with E-state index in [-0.39, 0.29) is 12.1 Å². The maximum atomic E-state index is 13.7. The first-order chi connectivity index (χ1) is 16.2. The monoisotopic (exact) mass is 452 g/mol. The van der Waals surface area contributed by atoms with Gasteiger partial charge in [-0.2, -0.15) is 0 Å². The molecule has 5 heteroatoms. The lowest BCUT2D eigenvalue weighted by molar-refractivity contribution is -0.171. The fourth-order valence-corrected chi connectivity index (χ4v) is 6.80. The molecule has 1 amide bonds. The smallest absolute Gasteiger partial charge is 0.316 e. The summed E-state index contributed by atoms with van der Waals surface area (Å²) in [7, 11) is 0. The predicted octanol–water partition coefficient (Wildman–Crippen LogP) is 4.54. The Balaban J connectivity index is 1.20. The Morgan fingerprint density at radius 1 is 0.879 bits per heavy atom. The number of benzene rings is 1. The number of rotatable bonds is 5. The van der Waals surface area contributed by atoms with Crippen LogP contribution in [0.4, 0.5) is 0 Å². The van der Waals surface area contributed by atoms with Crippen molar-refractivity contribution in [2.45, 2.75) is 82.1 Å². The standard InChI is InChI=1S/C28H40N2O3/c31-26(30-16-8-9-17-30)21-29-18-12-22-20-25(24(22)13-19-29)33-27(32)28(14-6-1-2-7-15-28)23-10-4-3-5-11-23/h3-5,10-11,22,24-25H,1-2,6-9,12-21H2/t22?,24?,25-/m0/s1. The van der Waals surface area contributed by atoms with Gasteiger partial charge in [0.1, 0.15) is 6.10 Å². The van der Waals surface area contributed by atoms with Crippen LogP contribution < -0.4 is 0 Å². The van der Waals surface area contributed by atoms with E-state index in [0.717, 1.165) is 89.5 Å². The molecule has 0 N–H and O–H groups in total. The molecule has 0 radical (unpaired) electrons. The fraction of sp³-hybridized carbons (Fsp3) is 0.714. The third kappa shape index (κ3) is 4.84. The highest BCUT2D eigenvalue weighted by molar-refractivity contribution is 5.83. The molecule has 5 rings (SSSR count). The Hall–Kier alpha value is -1.88. The maximum Gasteiger partial charge on any atom is 0.316 e. The molecular formula is C28H40N2O3. The average Bonchev–Trinajstić information content (AvgIpc) is 3.18. The first kappa shape index (κ1) is 22.9. The SMILES string of the molecule is O=C(CN1CCC2C[C@H](OC(=O)C3(c4ccccc4)CCCCCC3)C2CC1)N1CCCC1. The van der Waals surface area contributed by atoms with Crippen LogP contribution in [0.3, 0.4) is 0 Å². The van der Waals surface area contributed by atoms with E-state index in [9.17, 15) is 9.59 Å². The Labute approximate surface area is 198 Å². The Bertz CT molecular complexity index is 812. The molecule has 2 saturated heterocycles. The van der Waals surface area contributed by atoms with Crippen LogP contribution in [0, 0.1) is 11.8 Å². The van der Waals surface area contributed by atoms with Crippen LogP contribution in [0.1, 0.15) is 76.2 Å². The molecule has 1 aromatic rings. The minimum absolute atomic E-state index is 0.0179. The van der Waals surface area contributed by atoms with Crippen molar-refractivity contribution in [3.05, 3.63) is 35.9 Å². The first-order valence-corrected chi connectivity index (χ1v) is 13.4. The normalized spacial score (nSPS) is 29.9. The molecule has 2 unspecified atom stereocenters. The van der Waals surface area contributed by atoms with Gasteiger partial charge in [0.2, 0.25) is 5.91 Å². The molecule has 3 atom stereocenters. The van der Waals surface area contributed by atoms with Gasteiger partial charge in [0.15, 0.2) is 0 Å². The Morgan fingerprint density at radius 2 is 1.58 bits per heavy atom. The molecule has 4 fully saturated rings. The van der Waals surface area contributed by atoms with Gasteiger partial charge < -0.3 is 9.64 Å². The van der Waals surface area contributed by atoms with Crippen molar-refractivity contribution in [3.8, 4) is 0 Å². The first-order valence-electron chi connectivity index (χ1n) is 13.4. The van der Waals surface area contributed by atoms with Gasteiger partial charge in [-0.1, -0.05) is 56.0 Å². The van der Waals surface area contributed by atoms with Gasteiger partial charge in [-0.25, -0.2) is 0 Å². The summed E-state index contributed by atoms with van der Waals surface area (Å²) in [6.07, 6.45) is 11.9. The lowest BCUT2D eigenvalue weighted by Gasteiger charge is -2.45. The number of carbonyl (C=O) groups excluding carboxylic acids is 2. The number of hydrogen-bond donors (Lipinski definition) is 0. The second kappa shape index (κ2) is 10.2. The minimum atomic E-state index is -0.470. The number of nitrogens with zero attached hydrogens (tertiary/aromatic N) is 2. The zero-order valence-electron chi connectivity index (χ0n) is 20.1. The van der Waals surface area contributed by atoms with Gasteiger partial charge in [-0.3, -0.25) is 14.5 Å². The van der Waals surface area contributed by atoms with Gasteiger partial charge in [0.05, 0.1) is 12.0 Å². The van der Waals surface area contributed by atoms with Gasteiger partial charge in [-0.15, -0.1) is 0 Å². The van der Waals surface area contributed by atoms with Crippen molar-refractivity contribution in [2.75, 3.05) is 32.7 Å². The number of likely N-dealkylation sites (tertiary alicyclic amines) is 2. The van der Waals surface area contributed by atoms with Crippen molar-refractivity contribution < 1.29 is 14.3 Å². The number of carbonyl (C=O) groups is 2. The largest absolute Gasteiger partial charge is 0.461 e. The molecule has 2 aliphatic heterocycles. The summed E-state index contributed by atoms with van der Waals surface area (Å²) in [5.74, 6) is 1.41. The van der Waals surface area contributed by atoms with E-state index in [1.54, 1.807) is 0 Å². The molecule has 33 heavy (non-hydrogen) atoms. The molecule has 1 aromatic carbocycles. The van der Waals surface area contributed by atoms with Crippen molar-refractivity contribution in [1.29, 1.82) is 0 Å². The van der Waals surface area contributed by atoms with Crippen LogP contribution in [0.15, 0.2) is 30.3 Å². The minimum Gasteiger partial charge on any atom is -0.461 e. The van der Waals surface area contributed by atoms with Crippen LogP contribution in [0.2, 0.25) is 0 Å². The number of fused-ring (bicyclic) bond motifs is 1. The highest BCUT2D eigenvalue weighted by Crippen LogP contribution is 2.46. The van der Waals surface area contributed by atoms with Crippen molar-refractivity contribution in [3.63, 3.8) is 0 Å². The number of ether oxygens (including phenoxy) is 1. The summed E-state index contributed by atoms with van der Waals surface area (Å²) in [6.45, 7) is 4.35. The summed E-state index contributed by atoms with van der Waals surface area (Å²) in [4.78, 5) is 30.7. The Kier molecular flexibility index (Phi) is 7.05. The van der Waals surface area contributed by atoms with Gasteiger partial charge in [0.25, 0.3) is 0 Å². The van der Waals surface area contributed by atoms with Crippen LogP contribution in [0.25, 0.3) is 0 Å². The maximum absolute atomic E-state index is 13.7. The summed E-state index contributed by atoms with van der Waals surface area (Å²) >= 11 is 0. The van der Waals surface area contributed by atoms with E-state index in [1.807, 2.05) is 11.0 Å².